The lowest BCUT2D eigenvalue weighted by molar-refractivity contribution is 0.101. The molecule has 0 amide bonds. The number of rotatable bonds is 4. The number of nitrogens with one attached hydrogen (secondary N) is 1. The van der Waals surface area contributed by atoms with E-state index in [0.29, 0.717) is 17.7 Å². The van der Waals surface area contributed by atoms with Crippen molar-refractivity contribution in [2.24, 2.45) is 5.84 Å². The number of carbonyl (C=O) groups excluding carboxylic acids is 1. The first-order chi connectivity index (χ1) is 6.69. The van der Waals surface area contributed by atoms with Crippen molar-refractivity contribution in [2.75, 3.05) is 12.0 Å². The molecule has 14 heavy (non-hydrogen) atoms. The summed E-state index contributed by atoms with van der Waals surface area (Å²) in [7, 11) is 0. The summed E-state index contributed by atoms with van der Waals surface area (Å²) in [5.41, 5.74) is 4.55. The van der Waals surface area contributed by atoms with E-state index >= 15 is 0 Å². The summed E-state index contributed by atoms with van der Waals surface area (Å²) in [6.45, 7) is 1.56. The van der Waals surface area contributed by atoms with E-state index in [1.807, 2.05) is 6.07 Å². The fourth-order valence-electron chi connectivity index (χ4n) is 1.29. The van der Waals surface area contributed by atoms with Crippen LogP contribution in [0.1, 0.15) is 22.8 Å². The molecule has 76 valence electrons. The first-order valence-corrected chi connectivity index (χ1v) is 4.40. The van der Waals surface area contributed by atoms with Crippen LogP contribution in [0.5, 0.6) is 0 Å². The van der Waals surface area contributed by atoms with Crippen LogP contribution in [0.2, 0.25) is 0 Å². The van der Waals surface area contributed by atoms with E-state index in [-0.39, 0.29) is 12.4 Å². The fraction of sp³-hybridized carbons (Fsp3) is 0.300. The molecule has 0 fully saturated rings. The summed E-state index contributed by atoms with van der Waals surface area (Å²) < 4.78 is 0. The molecule has 4 heteroatoms. The standard InChI is InChI=1S/C10H14N2O2/c1-7(14)9-6-8(4-5-13)2-3-10(9)12-11/h2-3,6,12-13H,4-5,11H2,1H3. The Balaban J connectivity index is 3.07. The molecular weight excluding hydrogens is 180 g/mol. The summed E-state index contributed by atoms with van der Waals surface area (Å²) in [5, 5.41) is 8.75. The van der Waals surface area contributed by atoms with Crippen LogP contribution in [0.4, 0.5) is 5.69 Å². The number of Topliss-reactive ketones (excluding diaryl/α,β-unsaturated/α-hetero) is 1. The molecule has 1 rings (SSSR count). The minimum atomic E-state index is -0.0438. The highest BCUT2D eigenvalue weighted by atomic mass is 16.2. The van der Waals surface area contributed by atoms with Crippen molar-refractivity contribution in [3.63, 3.8) is 0 Å². The highest BCUT2D eigenvalue weighted by Crippen LogP contribution is 2.17. The number of anilines is 1. The molecule has 4 N–H and O–H groups in total. The van der Waals surface area contributed by atoms with Gasteiger partial charge in [-0.15, -0.1) is 0 Å². The van der Waals surface area contributed by atoms with Crippen molar-refractivity contribution in [1.82, 2.24) is 0 Å². The maximum Gasteiger partial charge on any atom is 0.161 e. The van der Waals surface area contributed by atoms with Gasteiger partial charge in [0.15, 0.2) is 5.78 Å². The van der Waals surface area contributed by atoms with Crippen LogP contribution in [0.25, 0.3) is 0 Å². The van der Waals surface area contributed by atoms with Crippen LogP contribution < -0.4 is 11.3 Å². The van der Waals surface area contributed by atoms with Crippen molar-refractivity contribution in [3.05, 3.63) is 29.3 Å². The fourth-order valence-corrected chi connectivity index (χ4v) is 1.29. The summed E-state index contributed by atoms with van der Waals surface area (Å²) in [5.74, 6) is 5.22. The molecule has 0 saturated heterocycles. The van der Waals surface area contributed by atoms with E-state index in [9.17, 15) is 4.79 Å². The van der Waals surface area contributed by atoms with Crippen LogP contribution in [0.15, 0.2) is 18.2 Å². The van der Waals surface area contributed by atoms with Crippen LogP contribution >= 0.6 is 0 Å². The smallest absolute Gasteiger partial charge is 0.161 e. The van der Waals surface area contributed by atoms with Gasteiger partial charge in [0.2, 0.25) is 0 Å². The summed E-state index contributed by atoms with van der Waals surface area (Å²) in [6.07, 6.45) is 0.547. The Morgan fingerprint density at radius 3 is 2.79 bits per heavy atom. The first-order valence-electron chi connectivity index (χ1n) is 4.40. The summed E-state index contributed by atoms with van der Waals surface area (Å²) >= 11 is 0. The molecule has 0 aliphatic heterocycles. The first kappa shape index (κ1) is 10.7. The number of carbonyl (C=O) groups is 1. The van der Waals surface area contributed by atoms with Gasteiger partial charge in [-0.3, -0.25) is 10.6 Å². The molecule has 0 atom stereocenters. The monoisotopic (exact) mass is 194 g/mol. The van der Waals surface area contributed by atoms with Crippen molar-refractivity contribution < 1.29 is 9.90 Å². The van der Waals surface area contributed by atoms with Gasteiger partial charge in [-0.25, -0.2) is 0 Å². The topological polar surface area (TPSA) is 75.3 Å². The molecule has 0 bridgehead atoms. The third kappa shape index (κ3) is 2.31. The van der Waals surface area contributed by atoms with Crippen molar-refractivity contribution in [2.45, 2.75) is 13.3 Å². The second kappa shape index (κ2) is 4.74. The highest BCUT2D eigenvalue weighted by molar-refractivity contribution is 5.99. The number of benzene rings is 1. The molecule has 4 nitrogen and oxygen atoms in total. The molecule has 0 aliphatic carbocycles. The Labute approximate surface area is 82.7 Å². The zero-order valence-corrected chi connectivity index (χ0v) is 8.08. The quantitative estimate of drug-likeness (QED) is 0.375. The summed E-state index contributed by atoms with van der Waals surface area (Å²) in [6, 6.07) is 5.31. The Kier molecular flexibility index (Phi) is 3.62. The van der Waals surface area contributed by atoms with Crippen LogP contribution in [0.3, 0.4) is 0 Å². The molecule has 0 aromatic heterocycles. The van der Waals surface area contributed by atoms with Gasteiger partial charge in [-0.05, 0) is 31.0 Å². The number of hydrogen-bond acceptors (Lipinski definition) is 4. The van der Waals surface area contributed by atoms with Gasteiger partial charge in [0.1, 0.15) is 0 Å². The van der Waals surface area contributed by atoms with Crippen LogP contribution in [0, 0.1) is 0 Å². The van der Waals surface area contributed by atoms with Crippen molar-refractivity contribution in [3.8, 4) is 0 Å². The minimum absolute atomic E-state index is 0.0438. The van der Waals surface area contributed by atoms with Crippen molar-refractivity contribution >= 4 is 11.5 Å². The van der Waals surface area contributed by atoms with Gasteiger partial charge in [-0.1, -0.05) is 6.07 Å². The van der Waals surface area contributed by atoms with E-state index in [1.54, 1.807) is 12.1 Å². The van der Waals surface area contributed by atoms with E-state index in [2.05, 4.69) is 5.43 Å². The molecule has 0 heterocycles. The van der Waals surface area contributed by atoms with Gasteiger partial charge < -0.3 is 10.5 Å². The Morgan fingerprint density at radius 2 is 2.29 bits per heavy atom. The number of nitrogens with two attached hydrogens (primary N) is 1. The maximum atomic E-state index is 11.2. The molecule has 1 aromatic rings. The van der Waals surface area contributed by atoms with Gasteiger partial charge >= 0.3 is 0 Å². The Bertz CT molecular complexity index is 337. The van der Waals surface area contributed by atoms with E-state index < -0.39 is 0 Å². The van der Waals surface area contributed by atoms with Gasteiger partial charge in [0.25, 0.3) is 0 Å². The third-order valence-corrected chi connectivity index (χ3v) is 2.02. The van der Waals surface area contributed by atoms with Crippen LogP contribution in [-0.2, 0) is 6.42 Å². The van der Waals surface area contributed by atoms with Crippen LogP contribution in [-0.4, -0.2) is 17.5 Å². The molecule has 0 radical (unpaired) electrons. The Morgan fingerprint density at radius 1 is 1.57 bits per heavy atom. The number of aliphatic hydroxyl groups excluding tert-OH is 1. The van der Waals surface area contributed by atoms with E-state index in [0.717, 1.165) is 5.56 Å². The maximum absolute atomic E-state index is 11.2. The lowest BCUT2D eigenvalue weighted by atomic mass is 10.0. The lowest BCUT2D eigenvalue weighted by Crippen LogP contribution is -2.11. The second-order valence-corrected chi connectivity index (χ2v) is 3.05. The molecule has 0 aliphatic rings. The number of ketones is 1. The number of hydrazine groups is 1. The average Bonchev–Trinajstić information content (AvgIpc) is 2.18. The number of hydrogen-bond donors (Lipinski definition) is 3. The third-order valence-electron chi connectivity index (χ3n) is 2.02. The van der Waals surface area contributed by atoms with Gasteiger partial charge in [-0.2, -0.15) is 0 Å². The van der Waals surface area contributed by atoms with E-state index in [1.165, 1.54) is 6.92 Å². The normalized spacial score (nSPS) is 9.93. The number of aliphatic hydroxyl groups is 1. The molecule has 0 spiro atoms. The molecule has 0 saturated carbocycles. The Hall–Kier alpha value is -1.39. The minimum Gasteiger partial charge on any atom is -0.396 e. The van der Waals surface area contributed by atoms with Gasteiger partial charge in [0.05, 0.1) is 5.69 Å². The van der Waals surface area contributed by atoms with Crippen molar-refractivity contribution in [1.29, 1.82) is 0 Å². The number of nitrogen functional groups attached to an aromatic ring is 1. The molecule has 1 aromatic carbocycles. The lowest BCUT2D eigenvalue weighted by Gasteiger charge is -2.07. The zero-order chi connectivity index (χ0) is 10.6. The zero-order valence-electron chi connectivity index (χ0n) is 8.08. The predicted octanol–water partition coefficient (Wildman–Crippen LogP) is 0.710. The summed E-state index contributed by atoms with van der Waals surface area (Å²) in [4.78, 5) is 11.2. The largest absolute Gasteiger partial charge is 0.396 e. The molecular formula is C10H14N2O2. The molecule has 0 unspecified atom stereocenters. The SMILES string of the molecule is CC(=O)c1cc(CCO)ccc1NN. The van der Waals surface area contributed by atoms with Gasteiger partial charge in [0, 0.05) is 12.2 Å². The predicted molar refractivity (Wildman–Crippen MR) is 55.0 cm³/mol. The average molecular weight is 194 g/mol. The van der Waals surface area contributed by atoms with E-state index in [4.69, 9.17) is 10.9 Å². The highest BCUT2D eigenvalue weighted by Gasteiger charge is 2.06. The second-order valence-electron chi connectivity index (χ2n) is 3.05.